The van der Waals surface area contributed by atoms with Gasteiger partial charge in [0.2, 0.25) is 5.88 Å². The molecule has 14 heavy (non-hydrogen) atoms. The first-order valence-corrected chi connectivity index (χ1v) is 5.73. The first kappa shape index (κ1) is 11.1. The van der Waals surface area contributed by atoms with Crippen LogP contribution in [0.4, 0.5) is 5.82 Å². The molecule has 0 amide bonds. The second-order valence-electron chi connectivity index (χ2n) is 2.71. The van der Waals surface area contributed by atoms with Crippen LogP contribution >= 0.6 is 11.8 Å². The van der Waals surface area contributed by atoms with Crippen molar-refractivity contribution in [1.82, 2.24) is 9.97 Å². The smallest absolute Gasteiger partial charge is 0.219 e. The Morgan fingerprint density at radius 3 is 2.86 bits per heavy atom. The van der Waals surface area contributed by atoms with Crippen molar-refractivity contribution in [3.63, 3.8) is 0 Å². The maximum atomic E-state index is 5.07. The number of hydrogen-bond acceptors (Lipinski definition) is 5. The van der Waals surface area contributed by atoms with E-state index in [4.69, 9.17) is 4.74 Å². The van der Waals surface area contributed by atoms with Crippen LogP contribution in [0.2, 0.25) is 0 Å². The van der Waals surface area contributed by atoms with Gasteiger partial charge in [0.1, 0.15) is 5.82 Å². The normalized spacial score (nSPS) is 9.93. The zero-order valence-corrected chi connectivity index (χ0v) is 9.52. The van der Waals surface area contributed by atoms with Gasteiger partial charge in [-0.15, -0.1) is 0 Å². The summed E-state index contributed by atoms with van der Waals surface area (Å²) < 4.78 is 5.07. The van der Waals surface area contributed by atoms with Gasteiger partial charge in [-0.2, -0.15) is 4.98 Å². The van der Waals surface area contributed by atoms with Crippen LogP contribution < -0.4 is 10.1 Å². The zero-order valence-electron chi connectivity index (χ0n) is 8.70. The van der Waals surface area contributed by atoms with E-state index >= 15 is 0 Å². The fraction of sp³-hybridized carbons (Fsp3) is 0.556. The van der Waals surface area contributed by atoms with Gasteiger partial charge in [0.25, 0.3) is 0 Å². The summed E-state index contributed by atoms with van der Waals surface area (Å²) in [6.45, 7) is 3.02. The molecule has 0 spiro atoms. The number of nitrogens with one attached hydrogen (secondary N) is 1. The van der Waals surface area contributed by atoms with Crippen LogP contribution in [0.15, 0.2) is 11.2 Å². The zero-order chi connectivity index (χ0) is 10.4. The van der Waals surface area contributed by atoms with Gasteiger partial charge >= 0.3 is 0 Å². The van der Waals surface area contributed by atoms with Crippen LogP contribution in [-0.2, 0) is 0 Å². The molecule has 0 unspecified atom stereocenters. The number of rotatable bonds is 5. The summed E-state index contributed by atoms with van der Waals surface area (Å²) in [6.07, 6.45) is 3.01. The van der Waals surface area contributed by atoms with Gasteiger partial charge in [0.15, 0.2) is 5.16 Å². The van der Waals surface area contributed by atoms with Crippen molar-refractivity contribution in [3.8, 4) is 5.88 Å². The topological polar surface area (TPSA) is 47.0 Å². The molecule has 1 aromatic rings. The Morgan fingerprint density at radius 1 is 1.50 bits per heavy atom. The third kappa shape index (κ3) is 3.06. The Hall–Kier alpha value is -0.970. The number of aromatic nitrogens is 2. The first-order valence-electron chi connectivity index (χ1n) is 4.51. The lowest BCUT2D eigenvalue weighted by Crippen LogP contribution is -2.04. The van der Waals surface area contributed by atoms with E-state index < -0.39 is 0 Å². The van der Waals surface area contributed by atoms with Crippen molar-refractivity contribution in [2.75, 3.05) is 25.2 Å². The largest absolute Gasteiger partial charge is 0.481 e. The number of thioether (sulfide) groups is 1. The summed E-state index contributed by atoms with van der Waals surface area (Å²) in [7, 11) is 1.61. The molecule has 0 aromatic carbocycles. The standard InChI is InChI=1S/C9H15N3OS/c1-4-5-10-7-6-8(13-2)12-9(11-7)14-3/h6H,4-5H2,1-3H3,(H,10,11,12). The summed E-state index contributed by atoms with van der Waals surface area (Å²) in [4.78, 5) is 8.47. The van der Waals surface area contributed by atoms with Crippen LogP contribution in [0, 0.1) is 0 Å². The summed E-state index contributed by atoms with van der Waals surface area (Å²) in [5.41, 5.74) is 0. The molecule has 1 N–H and O–H groups in total. The summed E-state index contributed by atoms with van der Waals surface area (Å²) in [5.74, 6) is 1.42. The molecule has 0 bridgehead atoms. The molecule has 0 aliphatic heterocycles. The number of ether oxygens (including phenoxy) is 1. The van der Waals surface area contributed by atoms with Gasteiger partial charge in [-0.1, -0.05) is 18.7 Å². The van der Waals surface area contributed by atoms with Crippen molar-refractivity contribution in [2.24, 2.45) is 0 Å². The van der Waals surface area contributed by atoms with Crippen LogP contribution in [-0.4, -0.2) is 29.9 Å². The third-order valence-electron chi connectivity index (χ3n) is 1.63. The highest BCUT2D eigenvalue weighted by molar-refractivity contribution is 7.98. The summed E-state index contributed by atoms with van der Waals surface area (Å²) >= 11 is 1.50. The molecule has 0 saturated carbocycles. The van der Waals surface area contributed by atoms with E-state index in [0.717, 1.165) is 23.9 Å². The Labute approximate surface area is 88.5 Å². The molecular formula is C9H15N3OS. The molecule has 5 heteroatoms. The van der Waals surface area contributed by atoms with Crippen molar-refractivity contribution in [1.29, 1.82) is 0 Å². The second kappa shape index (κ2) is 5.70. The molecule has 0 aliphatic rings. The van der Waals surface area contributed by atoms with Gasteiger partial charge in [-0.25, -0.2) is 4.98 Å². The minimum Gasteiger partial charge on any atom is -0.481 e. The fourth-order valence-corrected chi connectivity index (χ4v) is 1.31. The van der Waals surface area contributed by atoms with E-state index in [1.54, 1.807) is 13.2 Å². The molecule has 0 aliphatic carbocycles. The average Bonchev–Trinajstić information content (AvgIpc) is 2.25. The Bertz CT molecular complexity index is 271. The van der Waals surface area contributed by atoms with Crippen molar-refractivity contribution in [2.45, 2.75) is 18.5 Å². The highest BCUT2D eigenvalue weighted by atomic mass is 32.2. The second-order valence-corrected chi connectivity index (χ2v) is 3.48. The van der Waals surface area contributed by atoms with Crippen molar-refractivity contribution < 1.29 is 4.74 Å². The lowest BCUT2D eigenvalue weighted by atomic mass is 10.4. The van der Waals surface area contributed by atoms with E-state index in [2.05, 4.69) is 22.2 Å². The van der Waals surface area contributed by atoms with E-state index in [-0.39, 0.29) is 0 Å². The average molecular weight is 213 g/mol. The SMILES string of the molecule is CCCNc1cc(OC)nc(SC)n1. The quantitative estimate of drug-likeness (QED) is 0.599. The first-order chi connectivity index (χ1) is 6.80. The van der Waals surface area contributed by atoms with Gasteiger partial charge in [-0.05, 0) is 12.7 Å². The van der Waals surface area contributed by atoms with E-state index in [9.17, 15) is 0 Å². The minimum absolute atomic E-state index is 0.600. The third-order valence-corrected chi connectivity index (χ3v) is 2.18. The fourth-order valence-electron chi connectivity index (χ4n) is 0.943. The van der Waals surface area contributed by atoms with Crippen molar-refractivity contribution >= 4 is 17.6 Å². The molecule has 1 aromatic heterocycles. The minimum atomic E-state index is 0.600. The predicted molar refractivity (Wildman–Crippen MR) is 59.1 cm³/mol. The molecule has 1 heterocycles. The highest BCUT2D eigenvalue weighted by Gasteiger charge is 2.02. The summed E-state index contributed by atoms with van der Waals surface area (Å²) in [5, 5.41) is 3.92. The monoisotopic (exact) mass is 213 g/mol. The predicted octanol–water partition coefficient (Wildman–Crippen LogP) is 2.03. The van der Waals surface area contributed by atoms with Gasteiger partial charge in [-0.3, -0.25) is 0 Å². The number of anilines is 1. The van der Waals surface area contributed by atoms with Crippen LogP contribution in [0.3, 0.4) is 0 Å². The molecule has 0 radical (unpaired) electrons. The molecule has 0 fully saturated rings. The highest BCUT2D eigenvalue weighted by Crippen LogP contribution is 2.18. The maximum Gasteiger partial charge on any atom is 0.219 e. The van der Waals surface area contributed by atoms with E-state index in [0.29, 0.717) is 5.88 Å². The number of methoxy groups -OCH3 is 1. The number of hydrogen-bond donors (Lipinski definition) is 1. The van der Waals surface area contributed by atoms with E-state index in [1.807, 2.05) is 6.26 Å². The number of nitrogens with zero attached hydrogens (tertiary/aromatic N) is 2. The van der Waals surface area contributed by atoms with Gasteiger partial charge in [0, 0.05) is 12.6 Å². The molecule has 0 saturated heterocycles. The molecule has 78 valence electrons. The molecular weight excluding hydrogens is 198 g/mol. The Morgan fingerprint density at radius 2 is 2.29 bits per heavy atom. The Kier molecular flexibility index (Phi) is 4.52. The van der Waals surface area contributed by atoms with Crippen molar-refractivity contribution in [3.05, 3.63) is 6.07 Å². The van der Waals surface area contributed by atoms with Gasteiger partial charge in [0.05, 0.1) is 7.11 Å². The van der Waals surface area contributed by atoms with Gasteiger partial charge < -0.3 is 10.1 Å². The maximum absolute atomic E-state index is 5.07. The Balaban J connectivity index is 2.81. The van der Waals surface area contributed by atoms with Crippen LogP contribution in [0.25, 0.3) is 0 Å². The molecule has 1 rings (SSSR count). The molecule has 4 nitrogen and oxygen atoms in total. The molecule has 0 atom stereocenters. The van der Waals surface area contributed by atoms with E-state index in [1.165, 1.54) is 11.8 Å². The summed E-state index contributed by atoms with van der Waals surface area (Å²) in [6, 6.07) is 1.80. The lowest BCUT2D eigenvalue weighted by Gasteiger charge is -2.06. The van der Waals surface area contributed by atoms with Crippen LogP contribution in [0.1, 0.15) is 13.3 Å². The lowest BCUT2D eigenvalue weighted by molar-refractivity contribution is 0.392. The van der Waals surface area contributed by atoms with Crippen LogP contribution in [0.5, 0.6) is 5.88 Å².